The summed E-state index contributed by atoms with van der Waals surface area (Å²) in [6, 6.07) is 5.77. The van der Waals surface area contributed by atoms with Crippen molar-refractivity contribution in [1.29, 1.82) is 0 Å². The van der Waals surface area contributed by atoms with Crippen LogP contribution in [-0.4, -0.2) is 39.5 Å². The lowest BCUT2D eigenvalue weighted by molar-refractivity contribution is -0.132. The molecular formula is C19H26N4O2. The van der Waals surface area contributed by atoms with E-state index in [1.165, 1.54) is 4.57 Å². The number of nitrogens with zero attached hydrogens (tertiary/aromatic N) is 3. The van der Waals surface area contributed by atoms with Gasteiger partial charge in [-0.1, -0.05) is 12.1 Å². The Bertz CT molecular complexity index is 820. The van der Waals surface area contributed by atoms with E-state index >= 15 is 0 Å². The molecule has 2 heterocycles. The topological polar surface area (TPSA) is 81.2 Å². The van der Waals surface area contributed by atoms with Crippen molar-refractivity contribution in [3.05, 3.63) is 40.4 Å². The third-order valence-corrected chi connectivity index (χ3v) is 5.26. The molecule has 6 nitrogen and oxygen atoms in total. The maximum Gasteiger partial charge on any atom is 0.261 e. The Hall–Kier alpha value is -2.21. The zero-order valence-corrected chi connectivity index (χ0v) is 14.9. The summed E-state index contributed by atoms with van der Waals surface area (Å²) in [4.78, 5) is 31.3. The van der Waals surface area contributed by atoms with Gasteiger partial charge in [-0.3, -0.25) is 14.2 Å². The first-order chi connectivity index (χ1) is 12.0. The maximum absolute atomic E-state index is 12.6. The highest BCUT2D eigenvalue weighted by molar-refractivity contribution is 5.80. The summed E-state index contributed by atoms with van der Waals surface area (Å²) < 4.78 is 1.54. The fourth-order valence-electron chi connectivity index (χ4n) is 3.55. The molecule has 0 bridgehead atoms. The molecular weight excluding hydrogens is 316 g/mol. The molecule has 1 amide bonds. The van der Waals surface area contributed by atoms with E-state index in [4.69, 9.17) is 5.73 Å². The fraction of sp³-hybridized carbons (Fsp3) is 0.526. The highest BCUT2D eigenvalue weighted by Gasteiger charge is 2.24. The summed E-state index contributed by atoms with van der Waals surface area (Å²) in [7, 11) is 0. The summed E-state index contributed by atoms with van der Waals surface area (Å²) in [6.07, 6.45) is 3.79. The number of para-hydroxylation sites is 1. The van der Waals surface area contributed by atoms with Crippen LogP contribution < -0.4 is 11.3 Å². The van der Waals surface area contributed by atoms with Crippen LogP contribution in [0.25, 0.3) is 10.9 Å². The molecule has 2 aromatic rings. The molecule has 1 aromatic heterocycles. The minimum Gasteiger partial charge on any atom is -0.343 e. The van der Waals surface area contributed by atoms with Crippen LogP contribution in [0, 0.1) is 12.8 Å². The number of nitrogens with two attached hydrogens (primary N) is 1. The Morgan fingerprint density at radius 2 is 2.08 bits per heavy atom. The molecule has 1 aliphatic heterocycles. The van der Waals surface area contributed by atoms with E-state index in [1.54, 1.807) is 12.4 Å². The molecule has 2 N–H and O–H groups in total. The zero-order valence-electron chi connectivity index (χ0n) is 14.9. The SMILES string of the molecule is Cc1cccc2c(=O)n(CCC(=O)N3CCC(C(C)N)CC3)cnc12. The first-order valence-corrected chi connectivity index (χ1v) is 8.95. The molecule has 134 valence electrons. The van der Waals surface area contributed by atoms with Gasteiger partial charge < -0.3 is 10.6 Å². The maximum atomic E-state index is 12.6. The Kier molecular flexibility index (Phi) is 5.18. The standard InChI is InChI=1S/C19H26N4O2/c1-13-4-3-5-16-18(13)21-12-23(19(16)25)11-8-17(24)22-9-6-15(7-10-22)14(2)20/h3-5,12,14-15H,6-11,20H2,1-2H3. The second-order valence-electron chi connectivity index (χ2n) is 7.04. The summed E-state index contributed by atoms with van der Waals surface area (Å²) in [6.45, 7) is 5.85. The van der Waals surface area contributed by atoms with Gasteiger partial charge in [0.25, 0.3) is 5.56 Å². The second kappa shape index (κ2) is 7.35. The molecule has 1 fully saturated rings. The summed E-state index contributed by atoms with van der Waals surface area (Å²) in [5.74, 6) is 0.596. The van der Waals surface area contributed by atoms with Crippen LogP contribution in [0.15, 0.2) is 29.3 Å². The number of likely N-dealkylation sites (tertiary alicyclic amines) is 1. The van der Waals surface area contributed by atoms with Crippen LogP contribution in [-0.2, 0) is 11.3 Å². The molecule has 0 spiro atoms. The van der Waals surface area contributed by atoms with Gasteiger partial charge in [-0.25, -0.2) is 4.98 Å². The van der Waals surface area contributed by atoms with Crippen molar-refractivity contribution < 1.29 is 4.79 Å². The molecule has 1 unspecified atom stereocenters. The third kappa shape index (κ3) is 3.74. The van der Waals surface area contributed by atoms with Gasteiger partial charge in [0.1, 0.15) is 0 Å². The average Bonchev–Trinajstić information content (AvgIpc) is 2.61. The first-order valence-electron chi connectivity index (χ1n) is 8.95. The largest absolute Gasteiger partial charge is 0.343 e. The molecule has 1 aromatic carbocycles. The van der Waals surface area contributed by atoms with Crippen molar-refractivity contribution >= 4 is 16.8 Å². The van der Waals surface area contributed by atoms with Crippen LogP contribution in [0.5, 0.6) is 0 Å². The number of carbonyl (C=O) groups excluding carboxylic acids is 1. The lowest BCUT2D eigenvalue weighted by Gasteiger charge is -2.33. The van der Waals surface area contributed by atoms with Crippen molar-refractivity contribution in [3.63, 3.8) is 0 Å². The zero-order chi connectivity index (χ0) is 18.0. The number of fused-ring (bicyclic) bond motifs is 1. The lowest BCUT2D eigenvalue weighted by Crippen LogP contribution is -2.42. The first kappa shape index (κ1) is 17.6. The van der Waals surface area contributed by atoms with Gasteiger partial charge in [-0.2, -0.15) is 0 Å². The number of benzene rings is 1. The van der Waals surface area contributed by atoms with Crippen molar-refractivity contribution in [2.75, 3.05) is 13.1 Å². The third-order valence-electron chi connectivity index (χ3n) is 5.26. The monoisotopic (exact) mass is 342 g/mol. The van der Waals surface area contributed by atoms with Crippen LogP contribution in [0.4, 0.5) is 0 Å². The van der Waals surface area contributed by atoms with Gasteiger partial charge in [0.15, 0.2) is 0 Å². The van der Waals surface area contributed by atoms with E-state index in [-0.39, 0.29) is 17.5 Å². The van der Waals surface area contributed by atoms with E-state index in [2.05, 4.69) is 4.98 Å². The number of piperidine rings is 1. The molecule has 0 saturated carbocycles. The minimum atomic E-state index is -0.0860. The van der Waals surface area contributed by atoms with E-state index < -0.39 is 0 Å². The molecule has 6 heteroatoms. The van der Waals surface area contributed by atoms with E-state index in [0.29, 0.717) is 24.3 Å². The van der Waals surface area contributed by atoms with Crippen LogP contribution in [0.1, 0.15) is 31.7 Å². The van der Waals surface area contributed by atoms with Crippen LogP contribution in [0.3, 0.4) is 0 Å². The summed E-state index contributed by atoms with van der Waals surface area (Å²) in [5.41, 5.74) is 7.57. The van der Waals surface area contributed by atoms with Crippen LogP contribution in [0.2, 0.25) is 0 Å². The number of hydrogen-bond acceptors (Lipinski definition) is 4. The Balaban J connectivity index is 1.64. The van der Waals surface area contributed by atoms with E-state index in [9.17, 15) is 9.59 Å². The number of rotatable bonds is 4. The Labute approximate surface area is 147 Å². The van der Waals surface area contributed by atoms with E-state index in [0.717, 1.165) is 37.0 Å². The minimum absolute atomic E-state index is 0.0860. The number of hydrogen-bond donors (Lipinski definition) is 1. The predicted molar refractivity (Wildman–Crippen MR) is 98.3 cm³/mol. The summed E-state index contributed by atoms with van der Waals surface area (Å²) in [5, 5.41) is 0.604. The van der Waals surface area contributed by atoms with Crippen molar-refractivity contribution in [2.24, 2.45) is 11.7 Å². The summed E-state index contributed by atoms with van der Waals surface area (Å²) >= 11 is 0. The number of aromatic nitrogens is 2. The highest BCUT2D eigenvalue weighted by Crippen LogP contribution is 2.20. The van der Waals surface area contributed by atoms with Gasteiger partial charge in [0.2, 0.25) is 5.91 Å². The fourth-order valence-corrected chi connectivity index (χ4v) is 3.55. The lowest BCUT2D eigenvalue weighted by atomic mass is 9.91. The molecule has 1 aliphatic rings. The molecule has 1 saturated heterocycles. The molecule has 0 aliphatic carbocycles. The Morgan fingerprint density at radius 3 is 2.76 bits per heavy atom. The molecule has 1 atom stereocenters. The number of amides is 1. The predicted octanol–water partition coefficient (Wildman–Crippen LogP) is 1.68. The number of carbonyl (C=O) groups is 1. The van der Waals surface area contributed by atoms with Gasteiger partial charge in [-0.05, 0) is 44.2 Å². The van der Waals surface area contributed by atoms with Crippen molar-refractivity contribution in [3.8, 4) is 0 Å². The Morgan fingerprint density at radius 1 is 1.36 bits per heavy atom. The highest BCUT2D eigenvalue weighted by atomic mass is 16.2. The van der Waals surface area contributed by atoms with Crippen molar-refractivity contribution in [1.82, 2.24) is 14.5 Å². The van der Waals surface area contributed by atoms with Crippen LogP contribution >= 0.6 is 0 Å². The normalized spacial score (nSPS) is 17.0. The van der Waals surface area contributed by atoms with Gasteiger partial charge in [-0.15, -0.1) is 0 Å². The molecule has 3 rings (SSSR count). The molecule has 0 radical (unpaired) electrons. The second-order valence-corrected chi connectivity index (χ2v) is 7.04. The average molecular weight is 342 g/mol. The van der Waals surface area contributed by atoms with Gasteiger partial charge in [0, 0.05) is 32.1 Å². The smallest absolute Gasteiger partial charge is 0.261 e. The number of aryl methyl sites for hydroxylation is 2. The van der Waals surface area contributed by atoms with Gasteiger partial charge >= 0.3 is 0 Å². The quantitative estimate of drug-likeness (QED) is 0.916. The van der Waals surface area contributed by atoms with E-state index in [1.807, 2.05) is 30.9 Å². The van der Waals surface area contributed by atoms with Gasteiger partial charge in [0.05, 0.1) is 17.2 Å². The van der Waals surface area contributed by atoms with Crippen molar-refractivity contribution in [2.45, 2.75) is 45.7 Å². The molecule has 25 heavy (non-hydrogen) atoms.